The molecule has 0 unspecified atom stereocenters. The second kappa shape index (κ2) is 9.33. The van der Waals surface area contributed by atoms with E-state index in [9.17, 15) is 4.79 Å². The Labute approximate surface area is 164 Å². The van der Waals surface area contributed by atoms with Gasteiger partial charge in [0, 0.05) is 12.1 Å². The molecule has 0 spiro atoms. The van der Waals surface area contributed by atoms with Gasteiger partial charge in [-0.3, -0.25) is 4.79 Å². The second-order valence-corrected chi connectivity index (χ2v) is 7.45. The van der Waals surface area contributed by atoms with Crippen molar-refractivity contribution >= 4 is 17.7 Å². The average Bonchev–Trinajstić information content (AvgIpc) is 2.69. The molecule has 1 heterocycles. The fraction of sp³-hybridized carbons (Fsp3) is 0.227. The van der Waals surface area contributed by atoms with E-state index in [1.54, 1.807) is 0 Å². The first-order valence-corrected chi connectivity index (χ1v) is 9.95. The molecule has 0 atom stereocenters. The lowest BCUT2D eigenvalue weighted by Crippen LogP contribution is -2.27. The van der Waals surface area contributed by atoms with Crippen LogP contribution in [0.5, 0.6) is 0 Å². The number of aryl methyl sites for hydroxylation is 2. The molecule has 0 saturated carbocycles. The van der Waals surface area contributed by atoms with E-state index in [1.165, 1.54) is 28.5 Å². The Hall–Kier alpha value is -2.66. The lowest BCUT2D eigenvalue weighted by molar-refractivity contribution is -0.118. The van der Waals surface area contributed by atoms with Crippen LogP contribution in [0.3, 0.4) is 0 Å². The first-order valence-electron chi connectivity index (χ1n) is 8.96. The zero-order chi connectivity index (χ0) is 19.1. The molecular weight excluding hydrogens is 354 g/mol. The maximum atomic E-state index is 12.0. The van der Waals surface area contributed by atoms with E-state index in [0.29, 0.717) is 12.3 Å². The van der Waals surface area contributed by atoms with E-state index >= 15 is 0 Å². The summed E-state index contributed by atoms with van der Waals surface area (Å²) in [5.74, 6) is 0.350. The Bertz CT molecular complexity index is 895. The van der Waals surface area contributed by atoms with Gasteiger partial charge >= 0.3 is 0 Å². The van der Waals surface area contributed by atoms with Gasteiger partial charge in [0.1, 0.15) is 5.03 Å². The van der Waals surface area contributed by atoms with Crippen molar-refractivity contribution in [2.24, 2.45) is 0 Å². The summed E-state index contributed by atoms with van der Waals surface area (Å²) in [6, 6.07) is 20.3. The topological polar surface area (TPSA) is 54.9 Å². The van der Waals surface area contributed by atoms with Crippen LogP contribution in [0, 0.1) is 13.8 Å². The molecule has 138 valence electrons. The van der Waals surface area contributed by atoms with Gasteiger partial charge in [0.25, 0.3) is 0 Å². The zero-order valence-electron chi connectivity index (χ0n) is 15.6. The maximum absolute atomic E-state index is 12.0. The average molecular weight is 378 g/mol. The highest BCUT2D eigenvalue weighted by Gasteiger charge is 2.07. The third-order valence-electron chi connectivity index (χ3n) is 4.24. The molecule has 0 bridgehead atoms. The van der Waals surface area contributed by atoms with Crippen molar-refractivity contribution in [2.45, 2.75) is 25.3 Å². The molecule has 0 aliphatic carbocycles. The summed E-state index contributed by atoms with van der Waals surface area (Å²) in [7, 11) is 0. The lowest BCUT2D eigenvalue weighted by atomic mass is 10.0. The smallest absolute Gasteiger partial charge is 0.230 e. The van der Waals surface area contributed by atoms with Gasteiger partial charge in [-0.05, 0) is 49.6 Å². The van der Waals surface area contributed by atoms with E-state index in [0.717, 1.165) is 22.7 Å². The molecule has 0 fully saturated rings. The van der Waals surface area contributed by atoms with Crippen LogP contribution in [0.1, 0.15) is 16.7 Å². The van der Waals surface area contributed by atoms with Crippen molar-refractivity contribution in [3.63, 3.8) is 0 Å². The van der Waals surface area contributed by atoms with Crippen molar-refractivity contribution in [2.75, 3.05) is 12.3 Å². The first-order chi connectivity index (χ1) is 13.1. The van der Waals surface area contributed by atoms with Crippen LogP contribution in [-0.4, -0.2) is 28.4 Å². The molecule has 0 saturated heterocycles. The van der Waals surface area contributed by atoms with Crippen molar-refractivity contribution in [1.82, 2.24) is 15.5 Å². The van der Waals surface area contributed by atoms with Gasteiger partial charge in [-0.15, -0.1) is 10.2 Å². The number of thioether (sulfide) groups is 1. The van der Waals surface area contributed by atoms with Gasteiger partial charge in [-0.25, -0.2) is 0 Å². The summed E-state index contributed by atoms with van der Waals surface area (Å²) in [6.07, 6.45) is 0.835. The molecular formula is C22H23N3OS. The standard InChI is InChI=1S/C22H23N3OS/c1-16-8-9-17(2)19(14-16)20-10-11-22(25-24-20)27-15-21(26)23-13-12-18-6-4-3-5-7-18/h3-11,14H,12-13,15H2,1-2H3,(H,23,26). The van der Waals surface area contributed by atoms with E-state index in [2.05, 4.69) is 59.7 Å². The maximum Gasteiger partial charge on any atom is 0.230 e. The molecule has 3 rings (SSSR count). The van der Waals surface area contributed by atoms with Crippen molar-refractivity contribution < 1.29 is 4.79 Å². The number of amides is 1. The van der Waals surface area contributed by atoms with Crippen LogP contribution in [0.2, 0.25) is 0 Å². The Morgan fingerprint density at radius 3 is 2.56 bits per heavy atom. The minimum atomic E-state index is 0.0105. The molecule has 0 aliphatic heterocycles. The quantitative estimate of drug-likeness (QED) is 0.627. The SMILES string of the molecule is Cc1ccc(C)c(-c2ccc(SCC(=O)NCCc3ccccc3)nn2)c1. The third-order valence-corrected chi connectivity index (χ3v) is 5.16. The van der Waals surface area contributed by atoms with Crippen molar-refractivity contribution in [3.05, 3.63) is 77.4 Å². The molecule has 2 aromatic carbocycles. The number of nitrogens with zero attached hydrogens (tertiary/aromatic N) is 2. The zero-order valence-corrected chi connectivity index (χ0v) is 16.4. The van der Waals surface area contributed by atoms with Crippen LogP contribution in [0.25, 0.3) is 11.3 Å². The summed E-state index contributed by atoms with van der Waals surface area (Å²) in [5.41, 5.74) is 5.54. The van der Waals surface area contributed by atoms with Gasteiger partial charge in [0.15, 0.2) is 0 Å². The number of hydrogen-bond acceptors (Lipinski definition) is 4. The summed E-state index contributed by atoms with van der Waals surface area (Å²) >= 11 is 1.40. The minimum Gasteiger partial charge on any atom is -0.355 e. The fourth-order valence-corrected chi connectivity index (χ4v) is 3.38. The molecule has 0 aliphatic rings. The van der Waals surface area contributed by atoms with E-state index in [-0.39, 0.29) is 5.91 Å². The van der Waals surface area contributed by atoms with E-state index < -0.39 is 0 Å². The van der Waals surface area contributed by atoms with Crippen LogP contribution < -0.4 is 5.32 Å². The monoisotopic (exact) mass is 377 g/mol. The lowest BCUT2D eigenvalue weighted by Gasteiger charge is -2.07. The Balaban J connectivity index is 1.48. The summed E-state index contributed by atoms with van der Waals surface area (Å²) < 4.78 is 0. The summed E-state index contributed by atoms with van der Waals surface area (Å²) in [4.78, 5) is 12.0. The Morgan fingerprint density at radius 2 is 1.81 bits per heavy atom. The predicted molar refractivity (Wildman–Crippen MR) is 111 cm³/mol. The van der Waals surface area contributed by atoms with Gasteiger partial charge in [0.2, 0.25) is 5.91 Å². The largest absolute Gasteiger partial charge is 0.355 e. The number of aromatic nitrogens is 2. The minimum absolute atomic E-state index is 0.0105. The number of nitrogens with one attached hydrogen (secondary N) is 1. The summed E-state index contributed by atoms with van der Waals surface area (Å²) in [5, 5.41) is 12.3. The number of carbonyl (C=O) groups is 1. The van der Waals surface area contributed by atoms with Gasteiger partial charge < -0.3 is 5.32 Å². The second-order valence-electron chi connectivity index (χ2n) is 6.45. The van der Waals surface area contributed by atoms with Crippen molar-refractivity contribution in [3.8, 4) is 11.3 Å². The third kappa shape index (κ3) is 5.66. The molecule has 27 heavy (non-hydrogen) atoms. The number of carbonyl (C=O) groups excluding carboxylic acids is 1. The van der Waals surface area contributed by atoms with Crippen LogP contribution in [-0.2, 0) is 11.2 Å². The molecule has 3 aromatic rings. The molecule has 1 N–H and O–H groups in total. The van der Waals surface area contributed by atoms with E-state index in [1.807, 2.05) is 30.3 Å². The van der Waals surface area contributed by atoms with Crippen molar-refractivity contribution in [1.29, 1.82) is 0 Å². The normalized spacial score (nSPS) is 10.6. The van der Waals surface area contributed by atoms with Crippen LogP contribution in [0.4, 0.5) is 0 Å². The highest BCUT2D eigenvalue weighted by atomic mass is 32.2. The molecule has 5 heteroatoms. The molecule has 1 aromatic heterocycles. The first kappa shape index (κ1) is 19.1. The number of rotatable bonds is 7. The van der Waals surface area contributed by atoms with Gasteiger partial charge in [-0.2, -0.15) is 0 Å². The highest BCUT2D eigenvalue weighted by molar-refractivity contribution is 7.99. The van der Waals surface area contributed by atoms with Crippen LogP contribution >= 0.6 is 11.8 Å². The molecule has 0 radical (unpaired) electrons. The fourth-order valence-electron chi connectivity index (χ4n) is 2.73. The van der Waals surface area contributed by atoms with Crippen LogP contribution in [0.15, 0.2) is 65.7 Å². The molecule has 4 nitrogen and oxygen atoms in total. The highest BCUT2D eigenvalue weighted by Crippen LogP contribution is 2.23. The number of hydrogen-bond donors (Lipinski definition) is 1. The van der Waals surface area contributed by atoms with Gasteiger partial charge in [-0.1, -0.05) is 59.8 Å². The molecule has 1 amide bonds. The van der Waals surface area contributed by atoms with E-state index in [4.69, 9.17) is 0 Å². The Morgan fingerprint density at radius 1 is 1.00 bits per heavy atom. The predicted octanol–water partition coefficient (Wildman–Crippen LogP) is 4.21. The summed E-state index contributed by atoms with van der Waals surface area (Å²) in [6.45, 7) is 4.77. The Kier molecular flexibility index (Phi) is 6.60. The number of benzene rings is 2. The van der Waals surface area contributed by atoms with Gasteiger partial charge in [0.05, 0.1) is 11.4 Å².